The molecule has 0 radical (unpaired) electrons. The maximum Gasteiger partial charge on any atom is 0.392 e. The van der Waals surface area contributed by atoms with E-state index in [1.165, 1.54) is 4.90 Å². The van der Waals surface area contributed by atoms with Gasteiger partial charge in [-0.3, -0.25) is 4.79 Å². The molecular weight excluding hydrogens is 187 g/mol. The van der Waals surface area contributed by atoms with E-state index < -0.39 is 24.6 Å². The predicted molar refractivity (Wildman–Crippen MR) is 37.9 cm³/mol. The zero-order valence-electron chi connectivity index (χ0n) is 6.84. The highest BCUT2D eigenvalue weighted by molar-refractivity contribution is 5.81. The number of hydrogen-bond donors (Lipinski definition) is 1. The monoisotopic (exact) mass is 197 g/mol. The molecule has 1 saturated heterocycles. The third-order valence-electron chi connectivity index (χ3n) is 1.88. The van der Waals surface area contributed by atoms with Gasteiger partial charge in [0, 0.05) is 13.1 Å². The van der Waals surface area contributed by atoms with Gasteiger partial charge in [-0.15, -0.1) is 0 Å². The van der Waals surface area contributed by atoms with Crippen LogP contribution < -0.4 is 0 Å². The molecule has 76 valence electrons. The van der Waals surface area contributed by atoms with Crippen LogP contribution in [0.3, 0.4) is 0 Å². The summed E-state index contributed by atoms with van der Waals surface area (Å²) in [6, 6.07) is 0. The number of aliphatic hydroxyl groups is 1. The molecule has 1 fully saturated rings. The van der Waals surface area contributed by atoms with Crippen LogP contribution in [0, 0.1) is 0 Å². The van der Waals surface area contributed by atoms with Gasteiger partial charge in [-0.2, -0.15) is 13.2 Å². The van der Waals surface area contributed by atoms with Gasteiger partial charge in [0.25, 0.3) is 5.91 Å². The maximum atomic E-state index is 11.7. The van der Waals surface area contributed by atoms with Crippen LogP contribution in [0.1, 0.15) is 12.8 Å². The molecule has 0 aromatic carbocycles. The van der Waals surface area contributed by atoms with Crippen LogP contribution >= 0.6 is 0 Å². The molecule has 0 saturated carbocycles. The number of halogens is 3. The highest BCUT2D eigenvalue weighted by Gasteiger charge is 2.36. The van der Waals surface area contributed by atoms with E-state index in [0.717, 1.165) is 6.42 Å². The SMILES string of the molecule is O=C(C(O)CC(F)(F)F)N1CCC1. The molecule has 3 nitrogen and oxygen atoms in total. The van der Waals surface area contributed by atoms with Gasteiger partial charge in [0.1, 0.15) is 6.10 Å². The van der Waals surface area contributed by atoms with Crippen molar-refractivity contribution in [1.82, 2.24) is 4.90 Å². The topological polar surface area (TPSA) is 40.5 Å². The summed E-state index contributed by atoms with van der Waals surface area (Å²) in [5.41, 5.74) is 0. The number of aliphatic hydroxyl groups excluding tert-OH is 1. The van der Waals surface area contributed by atoms with Crippen LogP contribution in [-0.4, -0.2) is 41.3 Å². The van der Waals surface area contributed by atoms with Gasteiger partial charge < -0.3 is 10.0 Å². The first kappa shape index (κ1) is 10.3. The number of likely N-dealkylation sites (tertiary alicyclic amines) is 1. The van der Waals surface area contributed by atoms with Crippen molar-refractivity contribution in [2.24, 2.45) is 0 Å². The Bertz CT molecular complexity index is 200. The Labute approximate surface area is 73.1 Å². The number of alkyl halides is 3. The lowest BCUT2D eigenvalue weighted by Gasteiger charge is -2.32. The van der Waals surface area contributed by atoms with Crippen molar-refractivity contribution < 1.29 is 23.1 Å². The van der Waals surface area contributed by atoms with Crippen LogP contribution in [0.5, 0.6) is 0 Å². The second kappa shape index (κ2) is 3.53. The van der Waals surface area contributed by atoms with E-state index in [1.807, 2.05) is 0 Å². The molecule has 6 heteroatoms. The third kappa shape index (κ3) is 2.87. The van der Waals surface area contributed by atoms with Gasteiger partial charge in [0.15, 0.2) is 0 Å². The third-order valence-corrected chi connectivity index (χ3v) is 1.88. The summed E-state index contributed by atoms with van der Waals surface area (Å²) in [6.07, 6.45) is -7.08. The van der Waals surface area contributed by atoms with Gasteiger partial charge >= 0.3 is 6.18 Å². The van der Waals surface area contributed by atoms with Crippen molar-refractivity contribution in [1.29, 1.82) is 0 Å². The number of carbonyl (C=O) groups excluding carboxylic acids is 1. The Balaban J connectivity index is 2.38. The Kier molecular flexibility index (Phi) is 2.80. The smallest absolute Gasteiger partial charge is 0.383 e. The molecule has 0 aliphatic carbocycles. The molecule has 0 aromatic heterocycles. The van der Waals surface area contributed by atoms with Crippen molar-refractivity contribution in [3.05, 3.63) is 0 Å². The lowest BCUT2D eigenvalue weighted by atomic mass is 10.1. The largest absolute Gasteiger partial charge is 0.392 e. The fraction of sp³-hybridized carbons (Fsp3) is 0.857. The summed E-state index contributed by atoms with van der Waals surface area (Å²) in [4.78, 5) is 12.2. The van der Waals surface area contributed by atoms with E-state index in [4.69, 9.17) is 5.11 Å². The summed E-state index contributed by atoms with van der Waals surface area (Å²) < 4.78 is 35.2. The fourth-order valence-electron chi connectivity index (χ4n) is 1.05. The minimum Gasteiger partial charge on any atom is -0.383 e. The minimum atomic E-state index is -4.49. The van der Waals surface area contributed by atoms with Gasteiger partial charge in [-0.05, 0) is 6.42 Å². The van der Waals surface area contributed by atoms with E-state index in [0.29, 0.717) is 13.1 Å². The van der Waals surface area contributed by atoms with Crippen LogP contribution in [0.25, 0.3) is 0 Å². The van der Waals surface area contributed by atoms with E-state index >= 15 is 0 Å². The standard InChI is InChI=1S/C7H10F3NO2/c8-7(9,10)4-5(12)6(13)11-2-1-3-11/h5,12H,1-4H2. The van der Waals surface area contributed by atoms with E-state index in [-0.39, 0.29) is 0 Å². The minimum absolute atomic E-state index is 0.452. The zero-order chi connectivity index (χ0) is 10.1. The molecule has 1 heterocycles. The van der Waals surface area contributed by atoms with Gasteiger partial charge in [0.2, 0.25) is 0 Å². The first-order chi connectivity index (χ1) is 5.90. The fourth-order valence-corrected chi connectivity index (χ4v) is 1.05. The molecule has 1 rings (SSSR count). The van der Waals surface area contributed by atoms with E-state index in [1.54, 1.807) is 0 Å². The lowest BCUT2D eigenvalue weighted by Crippen LogP contribution is -2.48. The first-order valence-electron chi connectivity index (χ1n) is 3.94. The summed E-state index contributed by atoms with van der Waals surface area (Å²) in [6.45, 7) is 0.904. The highest BCUT2D eigenvalue weighted by atomic mass is 19.4. The molecule has 0 aromatic rings. The van der Waals surface area contributed by atoms with Gasteiger partial charge in [0.05, 0.1) is 6.42 Å². The highest BCUT2D eigenvalue weighted by Crippen LogP contribution is 2.23. The first-order valence-corrected chi connectivity index (χ1v) is 3.94. The average molecular weight is 197 g/mol. The normalized spacial score (nSPS) is 19.5. The summed E-state index contributed by atoms with van der Waals surface area (Å²) in [5, 5.41) is 8.88. The van der Waals surface area contributed by atoms with Crippen LogP contribution in [0.4, 0.5) is 13.2 Å². The van der Waals surface area contributed by atoms with E-state index in [2.05, 4.69) is 0 Å². The number of carbonyl (C=O) groups is 1. The van der Waals surface area contributed by atoms with Crippen molar-refractivity contribution >= 4 is 5.91 Å². The average Bonchev–Trinajstić information content (AvgIpc) is 1.78. The molecule has 1 aliphatic rings. The van der Waals surface area contributed by atoms with Crippen molar-refractivity contribution in [3.63, 3.8) is 0 Å². The Morgan fingerprint density at radius 2 is 2.00 bits per heavy atom. The van der Waals surface area contributed by atoms with Crippen LogP contribution in [-0.2, 0) is 4.79 Å². The van der Waals surface area contributed by atoms with Crippen LogP contribution in [0.15, 0.2) is 0 Å². The molecule has 0 spiro atoms. The van der Waals surface area contributed by atoms with Crippen LogP contribution in [0.2, 0.25) is 0 Å². The molecule has 1 unspecified atom stereocenters. The quantitative estimate of drug-likeness (QED) is 0.701. The second-order valence-electron chi connectivity index (χ2n) is 3.01. The molecular formula is C7H10F3NO2. The number of nitrogens with zero attached hydrogens (tertiary/aromatic N) is 1. The molecule has 0 bridgehead atoms. The lowest BCUT2D eigenvalue weighted by molar-refractivity contribution is -0.170. The van der Waals surface area contributed by atoms with Crippen molar-refractivity contribution in [2.75, 3.05) is 13.1 Å². The Morgan fingerprint density at radius 1 is 1.46 bits per heavy atom. The Morgan fingerprint density at radius 3 is 2.31 bits per heavy atom. The molecule has 1 N–H and O–H groups in total. The maximum absolute atomic E-state index is 11.7. The molecule has 13 heavy (non-hydrogen) atoms. The molecule has 1 atom stereocenters. The van der Waals surface area contributed by atoms with Crippen molar-refractivity contribution in [2.45, 2.75) is 25.1 Å². The van der Waals surface area contributed by atoms with Gasteiger partial charge in [-0.25, -0.2) is 0 Å². The summed E-state index contributed by atoms with van der Waals surface area (Å²) in [5.74, 6) is -0.816. The van der Waals surface area contributed by atoms with Gasteiger partial charge in [-0.1, -0.05) is 0 Å². The predicted octanol–water partition coefficient (Wildman–Crippen LogP) is 0.532. The number of amides is 1. The zero-order valence-corrected chi connectivity index (χ0v) is 6.84. The second-order valence-corrected chi connectivity index (χ2v) is 3.01. The van der Waals surface area contributed by atoms with Crippen molar-refractivity contribution in [3.8, 4) is 0 Å². The summed E-state index contributed by atoms with van der Waals surface area (Å²) >= 11 is 0. The van der Waals surface area contributed by atoms with E-state index in [9.17, 15) is 18.0 Å². The number of rotatable bonds is 2. The molecule has 1 amide bonds. The summed E-state index contributed by atoms with van der Waals surface area (Å²) in [7, 11) is 0. The number of hydrogen-bond acceptors (Lipinski definition) is 2. The Hall–Kier alpha value is -0.780. The molecule has 1 aliphatic heterocycles.